The van der Waals surface area contributed by atoms with Crippen molar-refractivity contribution in [3.8, 4) is 11.1 Å². The van der Waals surface area contributed by atoms with Gasteiger partial charge in [-0.3, -0.25) is 14.4 Å². The van der Waals surface area contributed by atoms with Gasteiger partial charge < -0.3 is 4.79 Å². The second kappa shape index (κ2) is 7.52. The Bertz CT molecular complexity index is 1370. The van der Waals surface area contributed by atoms with Crippen molar-refractivity contribution in [2.24, 2.45) is 7.05 Å². The van der Waals surface area contributed by atoms with E-state index in [0.29, 0.717) is 18.1 Å². The Balaban J connectivity index is 1.51. The molecule has 1 unspecified atom stereocenters. The standard InChI is InChI=1S/C25H25FN6O/c1-29-15-21(24-19-4-3-5-22(26)25(19)30(2)28-24)20-12-16(6-9-23(20)32(29)10-11-33)17-13-27-31(14-17)18-7-8-18/h3-6,9,11-14,18,21H,7-8,10,15H2,1-2H3. The van der Waals surface area contributed by atoms with Gasteiger partial charge >= 0.3 is 0 Å². The molecule has 7 nitrogen and oxygen atoms in total. The number of hydrogen-bond acceptors (Lipinski definition) is 5. The number of para-hydroxylation sites is 1. The van der Waals surface area contributed by atoms with E-state index < -0.39 is 0 Å². The lowest BCUT2D eigenvalue weighted by Gasteiger charge is -2.41. The number of aldehydes is 1. The second-order valence-electron chi connectivity index (χ2n) is 9.00. The van der Waals surface area contributed by atoms with Gasteiger partial charge in [0.05, 0.1) is 30.2 Å². The van der Waals surface area contributed by atoms with Crippen LogP contribution >= 0.6 is 0 Å². The van der Waals surface area contributed by atoms with Crippen molar-refractivity contribution in [1.29, 1.82) is 0 Å². The van der Waals surface area contributed by atoms with Crippen LogP contribution in [0, 0.1) is 5.82 Å². The number of carbonyl (C=O) groups is 1. The summed E-state index contributed by atoms with van der Waals surface area (Å²) in [5.74, 6) is -0.348. The lowest BCUT2D eigenvalue weighted by molar-refractivity contribution is -0.107. The van der Waals surface area contributed by atoms with Crippen LogP contribution in [0.4, 0.5) is 10.1 Å². The van der Waals surface area contributed by atoms with Crippen LogP contribution in [0.5, 0.6) is 0 Å². The number of carbonyl (C=O) groups excluding carboxylic acids is 1. The summed E-state index contributed by atoms with van der Waals surface area (Å²) >= 11 is 0. The van der Waals surface area contributed by atoms with Crippen molar-refractivity contribution in [3.05, 3.63) is 65.9 Å². The molecule has 2 aromatic heterocycles. The molecule has 2 aromatic carbocycles. The third kappa shape index (κ3) is 3.24. The molecule has 1 atom stereocenters. The molecule has 0 radical (unpaired) electrons. The Hall–Kier alpha value is -3.52. The summed E-state index contributed by atoms with van der Waals surface area (Å²) in [6.45, 7) is 0.904. The van der Waals surface area contributed by atoms with E-state index in [1.807, 2.05) is 34.0 Å². The number of fused-ring (bicyclic) bond motifs is 2. The number of aromatic nitrogens is 4. The smallest absolute Gasteiger partial charge is 0.149 e. The highest BCUT2D eigenvalue weighted by atomic mass is 19.1. The van der Waals surface area contributed by atoms with Crippen LogP contribution in [0.3, 0.4) is 0 Å². The molecule has 1 fully saturated rings. The molecule has 168 valence electrons. The molecule has 4 aromatic rings. The van der Waals surface area contributed by atoms with E-state index in [0.717, 1.165) is 39.7 Å². The monoisotopic (exact) mass is 444 g/mol. The number of aryl methyl sites for hydroxylation is 1. The van der Waals surface area contributed by atoms with Crippen LogP contribution in [0.25, 0.3) is 22.0 Å². The van der Waals surface area contributed by atoms with Crippen LogP contribution in [0.2, 0.25) is 0 Å². The topological polar surface area (TPSA) is 59.2 Å². The van der Waals surface area contributed by atoms with Crippen LogP contribution < -0.4 is 5.01 Å². The lowest BCUT2D eigenvalue weighted by atomic mass is 9.88. The largest absolute Gasteiger partial charge is 0.301 e. The van der Waals surface area contributed by atoms with Gasteiger partial charge in [0.15, 0.2) is 0 Å². The van der Waals surface area contributed by atoms with Gasteiger partial charge in [-0.2, -0.15) is 10.2 Å². The molecular weight excluding hydrogens is 419 g/mol. The average molecular weight is 445 g/mol. The van der Waals surface area contributed by atoms with Gasteiger partial charge in [-0.05, 0) is 42.2 Å². The molecule has 1 aliphatic carbocycles. The third-order valence-electron chi connectivity index (χ3n) is 6.82. The van der Waals surface area contributed by atoms with E-state index in [2.05, 4.69) is 29.5 Å². The van der Waals surface area contributed by atoms with Crippen molar-refractivity contribution in [3.63, 3.8) is 0 Å². The minimum absolute atomic E-state index is 0.0724. The summed E-state index contributed by atoms with van der Waals surface area (Å²) in [5.41, 5.74) is 5.55. The second-order valence-corrected chi connectivity index (χ2v) is 9.00. The van der Waals surface area contributed by atoms with Crippen molar-refractivity contribution in [1.82, 2.24) is 24.6 Å². The summed E-state index contributed by atoms with van der Waals surface area (Å²) < 4.78 is 18.3. The number of hydrazine groups is 1. The predicted molar refractivity (Wildman–Crippen MR) is 124 cm³/mol. The van der Waals surface area contributed by atoms with Gasteiger partial charge in [-0.1, -0.05) is 18.2 Å². The first-order valence-electron chi connectivity index (χ1n) is 11.3. The molecule has 8 heteroatoms. The maximum absolute atomic E-state index is 14.6. The zero-order valence-electron chi connectivity index (χ0n) is 18.6. The van der Waals surface area contributed by atoms with Gasteiger partial charge in [0, 0.05) is 43.7 Å². The summed E-state index contributed by atoms with van der Waals surface area (Å²) in [7, 11) is 3.75. The fourth-order valence-corrected chi connectivity index (χ4v) is 5.04. The Labute approximate surface area is 191 Å². The number of hydrogen-bond donors (Lipinski definition) is 0. The Morgan fingerprint density at radius 2 is 2.00 bits per heavy atom. The molecule has 3 heterocycles. The molecule has 0 spiro atoms. The van der Waals surface area contributed by atoms with Gasteiger partial charge in [0.25, 0.3) is 0 Å². The molecule has 0 bridgehead atoms. The molecule has 0 saturated heterocycles. The fourth-order valence-electron chi connectivity index (χ4n) is 5.04. The maximum atomic E-state index is 14.6. The molecule has 33 heavy (non-hydrogen) atoms. The van der Waals surface area contributed by atoms with Crippen molar-refractivity contribution < 1.29 is 9.18 Å². The maximum Gasteiger partial charge on any atom is 0.149 e. The first kappa shape index (κ1) is 20.1. The van der Waals surface area contributed by atoms with E-state index in [1.165, 1.54) is 18.9 Å². The highest BCUT2D eigenvalue weighted by molar-refractivity contribution is 5.84. The summed E-state index contributed by atoms with van der Waals surface area (Å²) in [6.07, 6.45) is 7.31. The Morgan fingerprint density at radius 3 is 2.79 bits per heavy atom. The van der Waals surface area contributed by atoms with Crippen molar-refractivity contribution in [2.75, 3.05) is 25.1 Å². The lowest BCUT2D eigenvalue weighted by Crippen LogP contribution is -2.47. The SMILES string of the molecule is CN1CC(c2nn(C)c3c(F)cccc23)c2cc(-c3cnn(C4CC4)c3)ccc2N1CC=O. The van der Waals surface area contributed by atoms with E-state index >= 15 is 0 Å². The van der Waals surface area contributed by atoms with Crippen LogP contribution in [-0.2, 0) is 11.8 Å². The van der Waals surface area contributed by atoms with Gasteiger partial charge in [-0.15, -0.1) is 0 Å². The van der Waals surface area contributed by atoms with Gasteiger partial charge in [0.2, 0.25) is 0 Å². The molecular formula is C25H25FN6O. The van der Waals surface area contributed by atoms with E-state index in [9.17, 15) is 9.18 Å². The van der Waals surface area contributed by atoms with Crippen molar-refractivity contribution >= 4 is 22.9 Å². The minimum atomic E-state index is -0.276. The molecule has 1 saturated carbocycles. The number of benzene rings is 2. The molecule has 1 aliphatic heterocycles. The molecule has 2 aliphatic rings. The van der Waals surface area contributed by atoms with Crippen LogP contribution in [0.1, 0.15) is 36.1 Å². The Kier molecular flexibility index (Phi) is 4.58. The summed E-state index contributed by atoms with van der Waals surface area (Å²) in [5, 5.41) is 14.2. The quantitative estimate of drug-likeness (QED) is 0.437. The van der Waals surface area contributed by atoms with Gasteiger partial charge in [0.1, 0.15) is 17.6 Å². The first-order valence-corrected chi connectivity index (χ1v) is 11.3. The fraction of sp³-hybridized carbons (Fsp3) is 0.320. The molecule has 0 amide bonds. The van der Waals surface area contributed by atoms with Crippen molar-refractivity contribution in [2.45, 2.75) is 24.8 Å². The Morgan fingerprint density at radius 1 is 1.15 bits per heavy atom. The summed E-state index contributed by atoms with van der Waals surface area (Å²) in [6, 6.07) is 12.0. The summed E-state index contributed by atoms with van der Waals surface area (Å²) in [4.78, 5) is 11.4. The average Bonchev–Trinajstić information content (AvgIpc) is 3.44. The highest BCUT2D eigenvalue weighted by Gasteiger charge is 2.33. The van der Waals surface area contributed by atoms with E-state index in [4.69, 9.17) is 5.10 Å². The number of anilines is 1. The number of likely N-dealkylation sites (N-methyl/N-ethyl adjacent to an activating group) is 1. The van der Waals surface area contributed by atoms with E-state index in [-0.39, 0.29) is 18.3 Å². The number of nitrogens with zero attached hydrogens (tertiary/aromatic N) is 6. The normalized spacial score (nSPS) is 18.6. The van der Waals surface area contributed by atoms with E-state index in [1.54, 1.807) is 17.8 Å². The predicted octanol–water partition coefficient (Wildman–Crippen LogP) is 3.91. The number of halogens is 1. The highest BCUT2D eigenvalue weighted by Crippen LogP contribution is 2.42. The number of rotatable bonds is 5. The van der Waals surface area contributed by atoms with Crippen LogP contribution in [-0.4, -0.2) is 51.0 Å². The molecule has 6 rings (SSSR count). The first-order chi connectivity index (χ1) is 16.0. The zero-order chi connectivity index (χ0) is 22.7. The van der Waals surface area contributed by atoms with Gasteiger partial charge in [-0.25, -0.2) is 9.40 Å². The third-order valence-corrected chi connectivity index (χ3v) is 6.82. The zero-order valence-corrected chi connectivity index (χ0v) is 18.6. The van der Waals surface area contributed by atoms with Crippen LogP contribution in [0.15, 0.2) is 48.8 Å². The minimum Gasteiger partial charge on any atom is -0.301 e. The molecule has 0 N–H and O–H groups in total.